The van der Waals surface area contributed by atoms with E-state index < -0.39 is 0 Å². The molecule has 1 N–H and O–H groups in total. The van der Waals surface area contributed by atoms with E-state index in [9.17, 15) is 4.39 Å². The van der Waals surface area contributed by atoms with Crippen molar-refractivity contribution in [3.63, 3.8) is 0 Å². The first kappa shape index (κ1) is 11.5. The van der Waals surface area contributed by atoms with E-state index in [0.717, 1.165) is 25.8 Å². The summed E-state index contributed by atoms with van der Waals surface area (Å²) >= 11 is 0. The maximum atomic E-state index is 13.3. The van der Waals surface area contributed by atoms with E-state index in [1.807, 2.05) is 6.07 Å². The third-order valence-electron chi connectivity index (χ3n) is 2.19. The highest BCUT2D eigenvalue weighted by molar-refractivity contribution is 5.48. The summed E-state index contributed by atoms with van der Waals surface area (Å²) < 4.78 is 13.3. The predicted octanol–water partition coefficient (Wildman–Crippen LogP) is 3.30. The molecule has 0 aromatic heterocycles. The average molecular weight is 206 g/mol. The lowest BCUT2D eigenvalue weighted by Gasteiger charge is -2.06. The smallest absolute Gasteiger partial charge is 0.147 e. The molecule has 0 aliphatic heterocycles. The molecule has 0 bridgehead atoms. The lowest BCUT2D eigenvalue weighted by atomic mass is 10.2. The van der Waals surface area contributed by atoms with Gasteiger partial charge in [0.25, 0.3) is 0 Å². The van der Waals surface area contributed by atoms with Crippen LogP contribution in [0, 0.1) is 17.1 Å². The fourth-order valence-electron chi connectivity index (χ4n) is 1.33. The summed E-state index contributed by atoms with van der Waals surface area (Å²) in [7, 11) is 0. The van der Waals surface area contributed by atoms with Crippen molar-refractivity contribution in [2.24, 2.45) is 0 Å². The SMILES string of the molecule is CCCCCNc1ccc(C#N)cc1F. The first-order valence-corrected chi connectivity index (χ1v) is 5.21. The Labute approximate surface area is 89.7 Å². The molecule has 1 aromatic carbocycles. The first-order chi connectivity index (χ1) is 7.27. The number of anilines is 1. The molecule has 0 heterocycles. The van der Waals surface area contributed by atoms with E-state index >= 15 is 0 Å². The van der Waals surface area contributed by atoms with Crippen molar-refractivity contribution in [1.82, 2.24) is 0 Å². The lowest BCUT2D eigenvalue weighted by molar-refractivity contribution is 0.628. The molecular formula is C12H15FN2. The first-order valence-electron chi connectivity index (χ1n) is 5.21. The number of nitrogens with one attached hydrogen (secondary N) is 1. The van der Waals surface area contributed by atoms with Crippen LogP contribution in [0.5, 0.6) is 0 Å². The van der Waals surface area contributed by atoms with E-state index in [-0.39, 0.29) is 5.82 Å². The molecule has 0 unspecified atom stereocenters. The number of nitriles is 1. The third kappa shape index (κ3) is 3.59. The molecule has 0 aliphatic rings. The summed E-state index contributed by atoms with van der Waals surface area (Å²) in [6.07, 6.45) is 3.33. The van der Waals surface area contributed by atoms with Crippen molar-refractivity contribution in [1.29, 1.82) is 5.26 Å². The van der Waals surface area contributed by atoms with Crippen molar-refractivity contribution < 1.29 is 4.39 Å². The Bertz CT molecular complexity index is 355. The van der Waals surface area contributed by atoms with Gasteiger partial charge in [-0.05, 0) is 24.6 Å². The molecule has 0 atom stereocenters. The van der Waals surface area contributed by atoms with Crippen molar-refractivity contribution >= 4 is 5.69 Å². The van der Waals surface area contributed by atoms with Gasteiger partial charge in [0, 0.05) is 6.54 Å². The summed E-state index contributed by atoms with van der Waals surface area (Å²) in [5.41, 5.74) is 0.830. The van der Waals surface area contributed by atoms with Crippen molar-refractivity contribution in [3.8, 4) is 6.07 Å². The highest BCUT2D eigenvalue weighted by Gasteiger charge is 2.01. The average Bonchev–Trinajstić information content (AvgIpc) is 2.26. The summed E-state index contributed by atoms with van der Waals surface area (Å²) in [5, 5.41) is 11.6. The lowest BCUT2D eigenvalue weighted by Crippen LogP contribution is -2.03. The Morgan fingerprint density at radius 2 is 2.20 bits per heavy atom. The van der Waals surface area contributed by atoms with E-state index in [2.05, 4.69) is 12.2 Å². The number of rotatable bonds is 5. The summed E-state index contributed by atoms with van der Waals surface area (Å²) in [6, 6.07) is 6.38. The molecule has 0 fully saturated rings. The fraction of sp³-hybridized carbons (Fsp3) is 0.417. The Kier molecular flexibility index (Phi) is 4.62. The predicted molar refractivity (Wildman–Crippen MR) is 59.1 cm³/mol. The van der Waals surface area contributed by atoms with Gasteiger partial charge in [-0.3, -0.25) is 0 Å². The second-order valence-corrected chi connectivity index (χ2v) is 3.44. The molecule has 1 rings (SSSR count). The molecule has 15 heavy (non-hydrogen) atoms. The fourth-order valence-corrected chi connectivity index (χ4v) is 1.33. The second kappa shape index (κ2) is 6.02. The van der Waals surface area contributed by atoms with Gasteiger partial charge in [0.15, 0.2) is 0 Å². The van der Waals surface area contributed by atoms with Crippen LogP contribution in [0.2, 0.25) is 0 Å². The van der Waals surface area contributed by atoms with E-state index in [4.69, 9.17) is 5.26 Å². The molecule has 1 aromatic rings. The third-order valence-corrected chi connectivity index (χ3v) is 2.19. The minimum atomic E-state index is -0.356. The Hall–Kier alpha value is -1.56. The maximum absolute atomic E-state index is 13.3. The molecule has 0 saturated heterocycles. The summed E-state index contributed by atoms with van der Waals surface area (Å²) in [5.74, 6) is -0.356. The molecular weight excluding hydrogens is 191 g/mol. The number of nitrogens with zero attached hydrogens (tertiary/aromatic N) is 1. The van der Waals surface area contributed by atoms with Crippen molar-refractivity contribution in [2.75, 3.05) is 11.9 Å². The monoisotopic (exact) mass is 206 g/mol. The van der Waals surface area contributed by atoms with Gasteiger partial charge < -0.3 is 5.32 Å². The zero-order valence-electron chi connectivity index (χ0n) is 8.89. The Balaban J connectivity index is 2.52. The zero-order valence-corrected chi connectivity index (χ0v) is 8.89. The van der Waals surface area contributed by atoms with Gasteiger partial charge in [-0.2, -0.15) is 5.26 Å². The zero-order chi connectivity index (χ0) is 11.1. The highest BCUT2D eigenvalue weighted by atomic mass is 19.1. The minimum absolute atomic E-state index is 0.353. The van der Waals surface area contributed by atoms with Gasteiger partial charge in [-0.15, -0.1) is 0 Å². The van der Waals surface area contributed by atoms with Gasteiger partial charge in [0.2, 0.25) is 0 Å². The largest absolute Gasteiger partial charge is 0.383 e. The standard InChI is InChI=1S/C12H15FN2/c1-2-3-4-7-15-12-6-5-10(9-14)8-11(12)13/h5-6,8,15H,2-4,7H2,1H3. The van der Waals surface area contributed by atoms with E-state index in [1.165, 1.54) is 6.07 Å². The number of hydrogen-bond acceptors (Lipinski definition) is 2. The van der Waals surface area contributed by atoms with E-state index in [1.54, 1.807) is 12.1 Å². The summed E-state index contributed by atoms with van der Waals surface area (Å²) in [6.45, 7) is 2.90. The van der Waals surface area contributed by atoms with Crippen LogP contribution in [0.3, 0.4) is 0 Å². The molecule has 2 nitrogen and oxygen atoms in total. The number of halogens is 1. The van der Waals surface area contributed by atoms with Crippen LogP contribution in [0.15, 0.2) is 18.2 Å². The molecule has 0 saturated carbocycles. The van der Waals surface area contributed by atoms with Crippen LogP contribution < -0.4 is 5.32 Å². The van der Waals surface area contributed by atoms with Crippen LogP contribution >= 0.6 is 0 Å². The topological polar surface area (TPSA) is 35.8 Å². The van der Waals surface area contributed by atoms with Crippen molar-refractivity contribution in [2.45, 2.75) is 26.2 Å². The Morgan fingerprint density at radius 3 is 2.80 bits per heavy atom. The summed E-state index contributed by atoms with van der Waals surface area (Å²) in [4.78, 5) is 0. The van der Waals surface area contributed by atoms with Gasteiger partial charge in [0.05, 0.1) is 17.3 Å². The molecule has 3 heteroatoms. The van der Waals surface area contributed by atoms with Gasteiger partial charge in [-0.1, -0.05) is 19.8 Å². The molecule has 0 amide bonds. The molecule has 0 aliphatic carbocycles. The number of benzene rings is 1. The minimum Gasteiger partial charge on any atom is -0.383 e. The van der Waals surface area contributed by atoms with Gasteiger partial charge in [-0.25, -0.2) is 4.39 Å². The molecule has 80 valence electrons. The van der Waals surface area contributed by atoms with Gasteiger partial charge >= 0.3 is 0 Å². The molecule has 0 radical (unpaired) electrons. The quantitative estimate of drug-likeness (QED) is 0.750. The van der Waals surface area contributed by atoms with Crippen LogP contribution in [0.4, 0.5) is 10.1 Å². The number of hydrogen-bond donors (Lipinski definition) is 1. The number of unbranched alkanes of at least 4 members (excludes halogenated alkanes) is 2. The Morgan fingerprint density at radius 1 is 1.40 bits per heavy atom. The van der Waals surface area contributed by atoms with E-state index in [0.29, 0.717) is 11.3 Å². The van der Waals surface area contributed by atoms with Crippen LogP contribution in [0.25, 0.3) is 0 Å². The maximum Gasteiger partial charge on any atom is 0.147 e. The van der Waals surface area contributed by atoms with Crippen LogP contribution in [-0.2, 0) is 0 Å². The molecule has 0 spiro atoms. The van der Waals surface area contributed by atoms with Crippen LogP contribution in [0.1, 0.15) is 31.7 Å². The normalized spacial score (nSPS) is 9.67. The van der Waals surface area contributed by atoms with Gasteiger partial charge in [0.1, 0.15) is 5.82 Å². The highest BCUT2D eigenvalue weighted by Crippen LogP contribution is 2.15. The van der Waals surface area contributed by atoms with Crippen molar-refractivity contribution in [3.05, 3.63) is 29.6 Å². The van der Waals surface area contributed by atoms with Crippen LogP contribution in [-0.4, -0.2) is 6.54 Å². The second-order valence-electron chi connectivity index (χ2n) is 3.44.